The van der Waals surface area contributed by atoms with Gasteiger partial charge in [0.25, 0.3) is 0 Å². The highest BCUT2D eigenvalue weighted by atomic mass is 16.6. The summed E-state index contributed by atoms with van der Waals surface area (Å²) in [5.74, 6) is -0.384. The SMILES string of the molecule is C=C[C@@H]1O[C@H](COC(C)=O)[C@@H](OCc2ccccc2)[C@H](OCc2ccccc2)[C@H]1OCc1ccccc1. The van der Waals surface area contributed by atoms with Gasteiger partial charge in [0.15, 0.2) is 0 Å². The van der Waals surface area contributed by atoms with Crippen LogP contribution in [0.1, 0.15) is 23.6 Å². The fourth-order valence-electron chi connectivity index (χ4n) is 4.35. The van der Waals surface area contributed by atoms with Crippen molar-refractivity contribution in [1.29, 1.82) is 0 Å². The summed E-state index contributed by atoms with van der Waals surface area (Å²) in [4.78, 5) is 11.6. The third kappa shape index (κ3) is 7.84. The van der Waals surface area contributed by atoms with Crippen molar-refractivity contribution in [2.75, 3.05) is 6.61 Å². The smallest absolute Gasteiger partial charge is 0.302 e. The fraction of sp³-hybridized carbons (Fsp3) is 0.323. The van der Waals surface area contributed by atoms with Crippen molar-refractivity contribution in [2.24, 2.45) is 0 Å². The molecule has 0 aromatic heterocycles. The average molecular weight is 503 g/mol. The number of esters is 1. The number of hydrogen-bond acceptors (Lipinski definition) is 6. The average Bonchev–Trinajstić information content (AvgIpc) is 2.94. The van der Waals surface area contributed by atoms with Crippen molar-refractivity contribution in [3.63, 3.8) is 0 Å². The summed E-state index contributed by atoms with van der Waals surface area (Å²) in [6.07, 6.45) is -0.890. The third-order valence-electron chi connectivity index (χ3n) is 6.21. The van der Waals surface area contributed by atoms with E-state index in [1.165, 1.54) is 6.92 Å². The van der Waals surface area contributed by atoms with Crippen LogP contribution in [0.3, 0.4) is 0 Å². The molecule has 3 aromatic rings. The first-order chi connectivity index (χ1) is 18.1. The quantitative estimate of drug-likeness (QED) is 0.249. The summed E-state index contributed by atoms with van der Waals surface area (Å²) < 4.78 is 31.1. The fourth-order valence-corrected chi connectivity index (χ4v) is 4.35. The Morgan fingerprint density at radius 2 is 1.16 bits per heavy atom. The summed E-state index contributed by atoms with van der Waals surface area (Å²) in [5, 5.41) is 0. The van der Waals surface area contributed by atoms with Gasteiger partial charge in [-0.3, -0.25) is 4.79 Å². The Morgan fingerprint density at radius 3 is 1.59 bits per heavy atom. The van der Waals surface area contributed by atoms with E-state index in [1.54, 1.807) is 6.08 Å². The molecule has 0 N–H and O–H groups in total. The van der Waals surface area contributed by atoms with Crippen molar-refractivity contribution < 1.29 is 28.5 Å². The lowest BCUT2D eigenvalue weighted by atomic mass is 9.94. The largest absolute Gasteiger partial charge is 0.463 e. The number of carbonyl (C=O) groups excluding carboxylic acids is 1. The Kier molecular flexibility index (Phi) is 10.0. The summed E-state index contributed by atoms with van der Waals surface area (Å²) >= 11 is 0. The Balaban J connectivity index is 1.60. The van der Waals surface area contributed by atoms with E-state index >= 15 is 0 Å². The van der Waals surface area contributed by atoms with Gasteiger partial charge >= 0.3 is 5.97 Å². The summed E-state index contributed by atoms with van der Waals surface area (Å²) in [6.45, 7) is 6.49. The van der Waals surface area contributed by atoms with E-state index in [2.05, 4.69) is 6.58 Å². The Bertz CT molecular complexity index is 1090. The molecule has 6 heteroatoms. The predicted molar refractivity (Wildman–Crippen MR) is 141 cm³/mol. The van der Waals surface area contributed by atoms with Gasteiger partial charge in [0, 0.05) is 6.92 Å². The molecule has 3 aromatic carbocycles. The van der Waals surface area contributed by atoms with E-state index in [-0.39, 0.29) is 12.6 Å². The number of benzene rings is 3. The van der Waals surface area contributed by atoms with Gasteiger partial charge in [-0.2, -0.15) is 0 Å². The summed E-state index contributed by atoms with van der Waals surface area (Å²) in [7, 11) is 0. The van der Waals surface area contributed by atoms with Gasteiger partial charge in [-0.25, -0.2) is 0 Å². The lowest BCUT2D eigenvalue weighted by Gasteiger charge is -2.45. The molecule has 4 rings (SSSR count). The zero-order chi connectivity index (χ0) is 25.9. The minimum atomic E-state index is -0.562. The summed E-state index contributed by atoms with van der Waals surface area (Å²) in [6, 6.07) is 29.8. The van der Waals surface area contributed by atoms with Gasteiger partial charge < -0.3 is 23.7 Å². The van der Waals surface area contributed by atoms with Crippen LogP contribution < -0.4 is 0 Å². The molecule has 1 aliphatic rings. The predicted octanol–water partition coefficient (Wildman–Crippen LogP) is 5.26. The minimum Gasteiger partial charge on any atom is -0.463 e. The maximum atomic E-state index is 11.6. The zero-order valence-corrected chi connectivity index (χ0v) is 21.1. The molecule has 0 spiro atoms. The maximum absolute atomic E-state index is 11.6. The van der Waals surface area contributed by atoms with Gasteiger partial charge in [0.2, 0.25) is 0 Å². The Hall–Kier alpha value is -3.29. The van der Waals surface area contributed by atoms with Gasteiger partial charge in [0.1, 0.15) is 37.1 Å². The number of hydrogen-bond donors (Lipinski definition) is 0. The molecular formula is C31H34O6. The van der Waals surface area contributed by atoms with E-state index in [9.17, 15) is 4.79 Å². The van der Waals surface area contributed by atoms with E-state index in [4.69, 9.17) is 23.7 Å². The molecule has 1 fully saturated rings. The van der Waals surface area contributed by atoms with Crippen LogP contribution >= 0.6 is 0 Å². The number of ether oxygens (including phenoxy) is 5. The van der Waals surface area contributed by atoms with Gasteiger partial charge in [-0.15, -0.1) is 6.58 Å². The van der Waals surface area contributed by atoms with Crippen LogP contribution in [0, 0.1) is 0 Å². The molecule has 194 valence electrons. The van der Waals surface area contributed by atoms with Crippen LogP contribution in [0.15, 0.2) is 104 Å². The Labute approximate surface area is 218 Å². The first kappa shape index (κ1) is 26.8. The van der Waals surface area contributed by atoms with E-state index in [0.29, 0.717) is 19.8 Å². The van der Waals surface area contributed by atoms with Crippen LogP contribution in [0.25, 0.3) is 0 Å². The molecule has 0 unspecified atom stereocenters. The van der Waals surface area contributed by atoms with Crippen molar-refractivity contribution in [3.05, 3.63) is 120 Å². The van der Waals surface area contributed by atoms with Crippen molar-refractivity contribution >= 4 is 5.97 Å². The van der Waals surface area contributed by atoms with Gasteiger partial charge in [-0.05, 0) is 16.7 Å². The van der Waals surface area contributed by atoms with E-state index in [0.717, 1.165) is 16.7 Å². The van der Waals surface area contributed by atoms with Crippen LogP contribution in [-0.4, -0.2) is 43.1 Å². The van der Waals surface area contributed by atoms with Crippen molar-refractivity contribution in [1.82, 2.24) is 0 Å². The zero-order valence-electron chi connectivity index (χ0n) is 21.1. The van der Waals surface area contributed by atoms with E-state index < -0.39 is 30.5 Å². The van der Waals surface area contributed by atoms with Gasteiger partial charge in [0.05, 0.1) is 19.8 Å². The highest BCUT2D eigenvalue weighted by Crippen LogP contribution is 2.31. The molecule has 0 saturated carbocycles. The molecule has 37 heavy (non-hydrogen) atoms. The number of carbonyl (C=O) groups is 1. The van der Waals surface area contributed by atoms with Gasteiger partial charge in [-0.1, -0.05) is 97.1 Å². The standard InChI is InChI=1S/C31H34O6/c1-3-27-29(34-19-24-13-7-4-8-14-24)31(36-21-26-17-11-6-12-18-26)30(28(37-27)22-33-23(2)32)35-20-25-15-9-5-10-16-25/h3-18,27-31H,1,19-22H2,2H3/t27-,28+,29-,30+,31+/m0/s1. The summed E-state index contributed by atoms with van der Waals surface area (Å²) in [5.41, 5.74) is 3.09. The van der Waals surface area contributed by atoms with E-state index in [1.807, 2.05) is 91.0 Å². The molecule has 6 nitrogen and oxygen atoms in total. The molecule has 1 heterocycles. The Morgan fingerprint density at radius 1 is 0.730 bits per heavy atom. The highest BCUT2D eigenvalue weighted by molar-refractivity contribution is 5.65. The normalized spacial score (nSPS) is 23.3. The molecule has 0 aliphatic carbocycles. The first-order valence-electron chi connectivity index (χ1n) is 12.5. The highest BCUT2D eigenvalue weighted by Gasteiger charge is 2.47. The lowest BCUT2D eigenvalue weighted by Crippen LogP contribution is -2.60. The minimum absolute atomic E-state index is 0.0374. The van der Waals surface area contributed by atoms with Crippen LogP contribution in [-0.2, 0) is 48.3 Å². The van der Waals surface area contributed by atoms with Crippen molar-refractivity contribution in [3.8, 4) is 0 Å². The van der Waals surface area contributed by atoms with Crippen LogP contribution in [0.5, 0.6) is 0 Å². The maximum Gasteiger partial charge on any atom is 0.302 e. The second-order valence-corrected chi connectivity index (χ2v) is 8.96. The first-order valence-corrected chi connectivity index (χ1v) is 12.5. The second kappa shape index (κ2) is 13.9. The molecule has 0 bridgehead atoms. The molecule has 1 saturated heterocycles. The monoisotopic (exact) mass is 502 g/mol. The number of rotatable bonds is 12. The third-order valence-corrected chi connectivity index (χ3v) is 6.21. The van der Waals surface area contributed by atoms with Crippen molar-refractivity contribution in [2.45, 2.75) is 57.3 Å². The molecule has 0 radical (unpaired) electrons. The molecule has 0 amide bonds. The molecular weight excluding hydrogens is 468 g/mol. The lowest BCUT2D eigenvalue weighted by molar-refractivity contribution is -0.261. The van der Waals surface area contributed by atoms with Crippen LogP contribution in [0.2, 0.25) is 0 Å². The molecule has 1 aliphatic heterocycles. The van der Waals surface area contributed by atoms with Crippen LogP contribution in [0.4, 0.5) is 0 Å². The topological polar surface area (TPSA) is 63.2 Å². The second-order valence-electron chi connectivity index (χ2n) is 8.96. The molecule has 5 atom stereocenters.